The van der Waals surface area contributed by atoms with Gasteiger partial charge in [-0.3, -0.25) is 4.79 Å². The molecule has 0 aliphatic rings. The van der Waals surface area contributed by atoms with E-state index in [1.54, 1.807) is 38.3 Å². The van der Waals surface area contributed by atoms with Gasteiger partial charge in [0.25, 0.3) is 0 Å². The van der Waals surface area contributed by atoms with E-state index in [1.807, 2.05) is 38.1 Å². The maximum absolute atomic E-state index is 12.7. The number of hydrogen-bond donors (Lipinski definition) is 1. The topological polar surface area (TPSA) is 64.6 Å². The van der Waals surface area contributed by atoms with Crippen LogP contribution in [0.25, 0.3) is 0 Å². The van der Waals surface area contributed by atoms with Crippen LogP contribution in [0, 0.1) is 0 Å². The minimum absolute atomic E-state index is 0.137. The zero-order valence-corrected chi connectivity index (χ0v) is 15.0. The molecular weight excluding hydrogens is 318 g/mol. The van der Waals surface area contributed by atoms with Crippen molar-refractivity contribution < 1.29 is 19.1 Å². The van der Waals surface area contributed by atoms with Crippen LogP contribution in [0.1, 0.15) is 36.7 Å². The number of amides is 1. The van der Waals surface area contributed by atoms with Crippen molar-refractivity contribution in [1.82, 2.24) is 0 Å². The average Bonchev–Trinajstić information content (AvgIpc) is 2.62. The summed E-state index contributed by atoms with van der Waals surface area (Å²) >= 11 is 0. The van der Waals surface area contributed by atoms with Crippen LogP contribution in [0.5, 0.6) is 5.75 Å². The molecule has 132 valence electrons. The van der Waals surface area contributed by atoms with E-state index < -0.39 is 5.41 Å². The van der Waals surface area contributed by atoms with Crippen LogP contribution in [0.15, 0.2) is 48.5 Å². The number of benzene rings is 2. The molecule has 0 heterocycles. The number of carbonyl (C=O) groups excluding carboxylic acids is 2. The lowest BCUT2D eigenvalue weighted by Crippen LogP contribution is -2.34. The van der Waals surface area contributed by atoms with Gasteiger partial charge in [-0.1, -0.05) is 12.1 Å². The molecule has 0 bridgehead atoms. The molecule has 1 N–H and O–H groups in total. The van der Waals surface area contributed by atoms with Gasteiger partial charge in [-0.05, 0) is 62.7 Å². The Morgan fingerprint density at radius 3 is 2.12 bits per heavy atom. The molecule has 5 nitrogen and oxygen atoms in total. The molecule has 0 atom stereocenters. The highest BCUT2D eigenvalue weighted by Gasteiger charge is 2.29. The van der Waals surface area contributed by atoms with Crippen LogP contribution in [0.2, 0.25) is 0 Å². The summed E-state index contributed by atoms with van der Waals surface area (Å²) in [6.45, 7) is 5.80. The fourth-order valence-electron chi connectivity index (χ4n) is 2.33. The third-order valence-corrected chi connectivity index (χ3v) is 4.03. The average molecular weight is 341 g/mol. The van der Waals surface area contributed by atoms with Gasteiger partial charge >= 0.3 is 5.97 Å². The molecule has 0 spiro atoms. The van der Waals surface area contributed by atoms with Gasteiger partial charge in [0.1, 0.15) is 5.75 Å². The van der Waals surface area contributed by atoms with Crippen LogP contribution in [0.4, 0.5) is 5.69 Å². The Labute approximate surface area is 148 Å². The Kier molecular flexibility index (Phi) is 5.80. The fraction of sp³-hybridized carbons (Fsp3) is 0.300. The van der Waals surface area contributed by atoms with Gasteiger partial charge in [0, 0.05) is 5.69 Å². The summed E-state index contributed by atoms with van der Waals surface area (Å²) in [4.78, 5) is 24.3. The lowest BCUT2D eigenvalue weighted by atomic mass is 9.83. The number of rotatable bonds is 6. The molecule has 0 saturated carbocycles. The van der Waals surface area contributed by atoms with E-state index in [2.05, 4.69) is 5.32 Å². The SMILES string of the molecule is CCOC(=O)c1ccc(NC(=O)C(C)(C)c2ccc(OC)cc2)cc1. The highest BCUT2D eigenvalue weighted by atomic mass is 16.5. The highest BCUT2D eigenvalue weighted by Crippen LogP contribution is 2.27. The molecule has 0 aliphatic heterocycles. The van der Waals surface area contributed by atoms with Gasteiger partial charge in [-0.15, -0.1) is 0 Å². The molecule has 0 radical (unpaired) electrons. The number of esters is 1. The number of carbonyl (C=O) groups is 2. The minimum Gasteiger partial charge on any atom is -0.497 e. The first-order valence-corrected chi connectivity index (χ1v) is 8.11. The first-order valence-electron chi connectivity index (χ1n) is 8.11. The largest absolute Gasteiger partial charge is 0.497 e. The van der Waals surface area contributed by atoms with Crippen molar-refractivity contribution in [2.45, 2.75) is 26.2 Å². The third-order valence-electron chi connectivity index (χ3n) is 4.03. The second-order valence-corrected chi connectivity index (χ2v) is 6.11. The normalized spacial score (nSPS) is 10.9. The predicted molar refractivity (Wildman–Crippen MR) is 97.0 cm³/mol. The summed E-state index contributed by atoms with van der Waals surface area (Å²) in [7, 11) is 1.60. The molecule has 0 unspecified atom stereocenters. The highest BCUT2D eigenvalue weighted by molar-refractivity contribution is 5.99. The third kappa shape index (κ3) is 4.38. The maximum Gasteiger partial charge on any atom is 0.338 e. The first-order chi connectivity index (χ1) is 11.9. The summed E-state index contributed by atoms with van der Waals surface area (Å²) in [6, 6.07) is 14.1. The number of methoxy groups -OCH3 is 1. The lowest BCUT2D eigenvalue weighted by molar-refractivity contribution is -0.120. The van der Waals surface area contributed by atoms with Gasteiger partial charge in [0.05, 0.1) is 24.7 Å². The Bertz CT molecular complexity index is 733. The summed E-state index contributed by atoms with van der Waals surface area (Å²) in [5.74, 6) is 0.231. The second kappa shape index (κ2) is 7.83. The molecule has 1 amide bonds. The van der Waals surface area contributed by atoms with Crippen molar-refractivity contribution in [2.24, 2.45) is 0 Å². The van der Waals surface area contributed by atoms with Crippen molar-refractivity contribution in [2.75, 3.05) is 19.0 Å². The summed E-state index contributed by atoms with van der Waals surface area (Å²) < 4.78 is 10.1. The van der Waals surface area contributed by atoms with E-state index in [9.17, 15) is 9.59 Å². The molecule has 2 aromatic rings. The van der Waals surface area contributed by atoms with Crippen molar-refractivity contribution in [1.29, 1.82) is 0 Å². The first kappa shape index (κ1) is 18.5. The molecule has 5 heteroatoms. The van der Waals surface area contributed by atoms with E-state index in [1.165, 1.54) is 0 Å². The number of anilines is 1. The van der Waals surface area contributed by atoms with Crippen molar-refractivity contribution in [3.63, 3.8) is 0 Å². The standard InChI is InChI=1S/C20H23NO4/c1-5-25-18(22)14-6-10-16(11-7-14)21-19(23)20(2,3)15-8-12-17(24-4)13-9-15/h6-13H,5H2,1-4H3,(H,21,23). The van der Waals surface area contributed by atoms with Gasteiger partial charge in [0.15, 0.2) is 0 Å². The fourth-order valence-corrected chi connectivity index (χ4v) is 2.33. The molecule has 25 heavy (non-hydrogen) atoms. The minimum atomic E-state index is -0.716. The Balaban J connectivity index is 2.10. The second-order valence-electron chi connectivity index (χ2n) is 6.11. The zero-order valence-electron chi connectivity index (χ0n) is 15.0. The summed E-state index contributed by atoms with van der Waals surface area (Å²) in [6.07, 6.45) is 0. The zero-order chi connectivity index (χ0) is 18.4. The van der Waals surface area contributed by atoms with Gasteiger partial charge < -0.3 is 14.8 Å². The van der Waals surface area contributed by atoms with Gasteiger partial charge in [-0.25, -0.2) is 4.79 Å². The van der Waals surface area contributed by atoms with Crippen LogP contribution in [-0.4, -0.2) is 25.6 Å². The Hall–Kier alpha value is -2.82. The van der Waals surface area contributed by atoms with Crippen LogP contribution in [0.3, 0.4) is 0 Å². The molecule has 0 saturated heterocycles. The van der Waals surface area contributed by atoms with Crippen LogP contribution in [-0.2, 0) is 14.9 Å². The van der Waals surface area contributed by atoms with E-state index in [0.29, 0.717) is 17.9 Å². The van der Waals surface area contributed by atoms with Crippen molar-refractivity contribution >= 4 is 17.6 Å². The van der Waals surface area contributed by atoms with E-state index in [0.717, 1.165) is 11.3 Å². The van der Waals surface area contributed by atoms with E-state index in [4.69, 9.17) is 9.47 Å². The van der Waals surface area contributed by atoms with Crippen molar-refractivity contribution in [3.8, 4) is 5.75 Å². The number of nitrogens with one attached hydrogen (secondary N) is 1. The summed E-state index contributed by atoms with van der Waals surface area (Å²) in [5.41, 5.74) is 1.24. The lowest BCUT2D eigenvalue weighted by Gasteiger charge is -2.24. The molecule has 2 aromatic carbocycles. The summed E-state index contributed by atoms with van der Waals surface area (Å²) in [5, 5.41) is 2.89. The molecule has 0 aromatic heterocycles. The van der Waals surface area contributed by atoms with Gasteiger partial charge in [-0.2, -0.15) is 0 Å². The van der Waals surface area contributed by atoms with Gasteiger partial charge in [0.2, 0.25) is 5.91 Å². The predicted octanol–water partition coefficient (Wildman–Crippen LogP) is 3.79. The maximum atomic E-state index is 12.7. The van der Waals surface area contributed by atoms with E-state index >= 15 is 0 Å². The number of ether oxygens (including phenoxy) is 2. The number of hydrogen-bond acceptors (Lipinski definition) is 4. The quantitative estimate of drug-likeness (QED) is 0.812. The Morgan fingerprint density at radius 2 is 1.60 bits per heavy atom. The Morgan fingerprint density at radius 1 is 1.00 bits per heavy atom. The molecule has 0 aliphatic carbocycles. The van der Waals surface area contributed by atoms with Crippen LogP contribution < -0.4 is 10.1 Å². The van der Waals surface area contributed by atoms with Crippen molar-refractivity contribution in [3.05, 3.63) is 59.7 Å². The van der Waals surface area contributed by atoms with E-state index in [-0.39, 0.29) is 11.9 Å². The molecule has 2 rings (SSSR count). The smallest absolute Gasteiger partial charge is 0.338 e. The molecule has 0 fully saturated rings. The monoisotopic (exact) mass is 341 g/mol. The molecular formula is C20H23NO4. The van der Waals surface area contributed by atoms with Crippen LogP contribution >= 0.6 is 0 Å².